The van der Waals surface area contributed by atoms with Crippen LogP contribution in [0.25, 0.3) is 0 Å². The van der Waals surface area contributed by atoms with Crippen LogP contribution in [0.3, 0.4) is 0 Å². The monoisotopic (exact) mass is 250 g/mol. The minimum Gasteiger partial charge on any atom is -0.396 e. The highest BCUT2D eigenvalue weighted by atomic mass is 16.3. The third kappa shape index (κ3) is 3.65. The molecule has 1 aliphatic rings. The fourth-order valence-electron chi connectivity index (χ4n) is 2.26. The predicted octanol–water partition coefficient (Wildman–Crippen LogP) is 1.08. The lowest BCUT2D eigenvalue weighted by molar-refractivity contribution is 0.255. The molecule has 0 aliphatic carbocycles. The fraction of sp³-hybridized carbons (Fsp3) is 0.692. The lowest BCUT2D eigenvalue weighted by atomic mass is 9.92. The van der Waals surface area contributed by atoms with Crippen molar-refractivity contribution in [1.82, 2.24) is 14.9 Å². The first-order valence-corrected chi connectivity index (χ1v) is 6.65. The van der Waals surface area contributed by atoms with Crippen LogP contribution in [0.2, 0.25) is 0 Å². The van der Waals surface area contributed by atoms with Crippen molar-refractivity contribution in [2.75, 3.05) is 38.6 Å². The summed E-state index contributed by atoms with van der Waals surface area (Å²) in [4.78, 5) is 11.0. The molecule has 5 heteroatoms. The number of aliphatic hydroxyl groups excluding tert-OH is 1. The van der Waals surface area contributed by atoms with Gasteiger partial charge >= 0.3 is 0 Å². The number of aromatic nitrogens is 2. The Kier molecular flexibility index (Phi) is 4.90. The summed E-state index contributed by atoms with van der Waals surface area (Å²) in [6.45, 7) is 3.22. The standard InChI is InChI=1S/C13H22N4O/c1-17-6-3-11(4-7-17)12-9-15-13(16-10-12)14-5-2-8-18/h9-11,18H,2-8H2,1H3,(H,14,15,16). The molecule has 0 saturated carbocycles. The summed E-state index contributed by atoms with van der Waals surface area (Å²) in [5.41, 5.74) is 1.25. The van der Waals surface area contributed by atoms with E-state index in [1.807, 2.05) is 12.4 Å². The zero-order chi connectivity index (χ0) is 12.8. The van der Waals surface area contributed by atoms with Crippen molar-refractivity contribution in [2.24, 2.45) is 0 Å². The summed E-state index contributed by atoms with van der Waals surface area (Å²) in [5.74, 6) is 1.26. The van der Waals surface area contributed by atoms with Crippen LogP contribution in [0.4, 0.5) is 5.95 Å². The highest BCUT2D eigenvalue weighted by Crippen LogP contribution is 2.26. The molecule has 100 valence electrons. The molecular formula is C13H22N4O. The molecule has 0 bridgehead atoms. The van der Waals surface area contributed by atoms with Gasteiger partial charge in [-0.15, -0.1) is 0 Å². The Morgan fingerprint density at radius 1 is 1.33 bits per heavy atom. The number of hydrogen-bond donors (Lipinski definition) is 2. The van der Waals surface area contributed by atoms with Gasteiger partial charge in [-0.25, -0.2) is 9.97 Å². The minimum atomic E-state index is 0.195. The molecule has 1 saturated heterocycles. The van der Waals surface area contributed by atoms with Gasteiger partial charge in [0.1, 0.15) is 0 Å². The van der Waals surface area contributed by atoms with Gasteiger partial charge in [-0.1, -0.05) is 0 Å². The molecule has 0 aromatic carbocycles. The SMILES string of the molecule is CN1CCC(c2cnc(NCCCO)nc2)CC1. The van der Waals surface area contributed by atoms with Crippen LogP contribution in [0.15, 0.2) is 12.4 Å². The molecule has 0 radical (unpaired) electrons. The van der Waals surface area contributed by atoms with Crippen LogP contribution in [0.5, 0.6) is 0 Å². The molecule has 0 spiro atoms. The Morgan fingerprint density at radius 3 is 2.61 bits per heavy atom. The van der Waals surface area contributed by atoms with Crippen LogP contribution in [-0.4, -0.2) is 53.3 Å². The van der Waals surface area contributed by atoms with E-state index >= 15 is 0 Å². The largest absolute Gasteiger partial charge is 0.396 e. The lowest BCUT2D eigenvalue weighted by Crippen LogP contribution is -2.29. The van der Waals surface area contributed by atoms with E-state index in [2.05, 4.69) is 27.2 Å². The number of nitrogens with one attached hydrogen (secondary N) is 1. The third-order valence-electron chi connectivity index (χ3n) is 3.48. The molecule has 1 aliphatic heterocycles. The number of nitrogens with zero attached hydrogens (tertiary/aromatic N) is 3. The topological polar surface area (TPSA) is 61.3 Å². The summed E-state index contributed by atoms with van der Waals surface area (Å²) in [7, 11) is 2.17. The molecule has 0 atom stereocenters. The molecule has 0 amide bonds. The predicted molar refractivity (Wildman–Crippen MR) is 71.7 cm³/mol. The van der Waals surface area contributed by atoms with Crippen molar-refractivity contribution in [3.63, 3.8) is 0 Å². The lowest BCUT2D eigenvalue weighted by Gasteiger charge is -2.28. The molecule has 2 heterocycles. The second-order valence-corrected chi connectivity index (χ2v) is 4.92. The van der Waals surface area contributed by atoms with Crippen molar-refractivity contribution in [2.45, 2.75) is 25.2 Å². The number of anilines is 1. The van der Waals surface area contributed by atoms with Crippen LogP contribution >= 0.6 is 0 Å². The molecule has 1 fully saturated rings. The first-order valence-electron chi connectivity index (χ1n) is 6.65. The van der Waals surface area contributed by atoms with E-state index in [0.717, 1.165) is 19.5 Å². The molecule has 1 aromatic heterocycles. The first kappa shape index (κ1) is 13.2. The molecule has 2 N–H and O–H groups in total. The van der Waals surface area contributed by atoms with E-state index in [-0.39, 0.29) is 6.61 Å². The van der Waals surface area contributed by atoms with Crippen molar-refractivity contribution in [1.29, 1.82) is 0 Å². The maximum Gasteiger partial charge on any atom is 0.222 e. The molecule has 18 heavy (non-hydrogen) atoms. The number of hydrogen-bond acceptors (Lipinski definition) is 5. The van der Waals surface area contributed by atoms with Gasteiger partial charge < -0.3 is 15.3 Å². The van der Waals surface area contributed by atoms with Crippen molar-refractivity contribution in [3.8, 4) is 0 Å². The Morgan fingerprint density at radius 2 is 2.00 bits per heavy atom. The zero-order valence-electron chi connectivity index (χ0n) is 11.0. The van der Waals surface area contributed by atoms with Gasteiger partial charge in [0, 0.05) is 25.5 Å². The van der Waals surface area contributed by atoms with Gasteiger partial charge in [0.2, 0.25) is 5.95 Å². The average Bonchev–Trinajstić information content (AvgIpc) is 2.41. The Hall–Kier alpha value is -1.20. The van der Waals surface area contributed by atoms with Crippen LogP contribution in [0.1, 0.15) is 30.7 Å². The highest BCUT2D eigenvalue weighted by Gasteiger charge is 2.18. The number of rotatable bonds is 5. The van der Waals surface area contributed by atoms with E-state index in [9.17, 15) is 0 Å². The van der Waals surface area contributed by atoms with E-state index in [1.54, 1.807) is 0 Å². The van der Waals surface area contributed by atoms with Gasteiger partial charge in [-0.2, -0.15) is 0 Å². The third-order valence-corrected chi connectivity index (χ3v) is 3.48. The number of piperidine rings is 1. The summed E-state index contributed by atoms with van der Waals surface area (Å²) in [6, 6.07) is 0. The normalized spacial score (nSPS) is 17.9. The van der Waals surface area contributed by atoms with Gasteiger partial charge in [-0.05, 0) is 50.9 Å². The van der Waals surface area contributed by atoms with E-state index in [0.29, 0.717) is 18.4 Å². The zero-order valence-corrected chi connectivity index (χ0v) is 11.0. The summed E-state index contributed by atoms with van der Waals surface area (Å²) >= 11 is 0. The second kappa shape index (κ2) is 6.66. The van der Waals surface area contributed by atoms with Gasteiger partial charge in [-0.3, -0.25) is 0 Å². The summed E-state index contributed by atoms with van der Waals surface area (Å²) in [6.07, 6.45) is 6.98. The smallest absolute Gasteiger partial charge is 0.222 e. The van der Waals surface area contributed by atoms with Gasteiger partial charge in [0.25, 0.3) is 0 Å². The fourth-order valence-corrected chi connectivity index (χ4v) is 2.26. The van der Waals surface area contributed by atoms with Crippen molar-refractivity contribution < 1.29 is 5.11 Å². The molecular weight excluding hydrogens is 228 g/mol. The van der Waals surface area contributed by atoms with Crippen LogP contribution < -0.4 is 5.32 Å². The summed E-state index contributed by atoms with van der Waals surface area (Å²) in [5, 5.41) is 11.8. The Labute approximate surface area is 108 Å². The number of aliphatic hydroxyl groups is 1. The van der Waals surface area contributed by atoms with E-state index in [4.69, 9.17) is 5.11 Å². The molecule has 2 rings (SSSR count). The summed E-state index contributed by atoms with van der Waals surface area (Å²) < 4.78 is 0. The number of likely N-dealkylation sites (tertiary alicyclic amines) is 1. The van der Waals surface area contributed by atoms with Gasteiger partial charge in [0.15, 0.2) is 0 Å². The van der Waals surface area contributed by atoms with Crippen LogP contribution in [0, 0.1) is 0 Å². The first-order chi connectivity index (χ1) is 8.79. The minimum absolute atomic E-state index is 0.195. The average molecular weight is 250 g/mol. The second-order valence-electron chi connectivity index (χ2n) is 4.92. The van der Waals surface area contributed by atoms with Gasteiger partial charge in [0.05, 0.1) is 0 Å². The molecule has 0 unspecified atom stereocenters. The molecule has 5 nitrogen and oxygen atoms in total. The highest BCUT2D eigenvalue weighted by molar-refractivity contribution is 5.26. The molecule has 1 aromatic rings. The maximum atomic E-state index is 8.70. The van der Waals surface area contributed by atoms with Crippen LogP contribution in [-0.2, 0) is 0 Å². The Bertz CT molecular complexity index is 347. The Balaban J connectivity index is 1.87. The van der Waals surface area contributed by atoms with E-state index < -0.39 is 0 Å². The maximum absolute atomic E-state index is 8.70. The van der Waals surface area contributed by atoms with Crippen molar-refractivity contribution >= 4 is 5.95 Å². The van der Waals surface area contributed by atoms with E-state index in [1.165, 1.54) is 18.4 Å². The quantitative estimate of drug-likeness (QED) is 0.766. The van der Waals surface area contributed by atoms with Crippen molar-refractivity contribution in [3.05, 3.63) is 18.0 Å².